The number of carbonyl (C=O) groups excluding carboxylic acids is 1. The number of aliphatic hydroxyl groups excluding tert-OH is 1. The second kappa shape index (κ2) is 6.25. The van der Waals surface area contributed by atoms with Crippen LogP contribution in [0, 0.1) is 5.92 Å². The molecule has 0 fully saturated rings. The maximum atomic E-state index is 11.6. The zero-order chi connectivity index (χ0) is 12.8. The molecule has 0 radical (unpaired) electrons. The van der Waals surface area contributed by atoms with Gasteiger partial charge in [-0.05, 0) is 6.07 Å². The smallest absolute Gasteiger partial charge is 0.223 e. The van der Waals surface area contributed by atoms with Gasteiger partial charge in [0.1, 0.15) is 5.75 Å². The third kappa shape index (κ3) is 3.46. The lowest BCUT2D eigenvalue weighted by Gasteiger charge is -2.20. The van der Waals surface area contributed by atoms with E-state index in [4.69, 9.17) is 4.74 Å². The highest BCUT2D eigenvalue weighted by molar-refractivity contribution is 5.78. The number of ether oxygens (including phenoxy) is 1. The molecule has 0 saturated carbocycles. The second-order valence-electron chi connectivity index (χ2n) is 4.14. The van der Waals surface area contributed by atoms with E-state index in [2.05, 4.69) is 5.32 Å². The topological polar surface area (TPSA) is 58.6 Å². The Bertz CT molecular complexity index is 377. The standard InChI is InChI=1S/C13H19NO3/c1-9(2)13(16)14-11(8-15)10-6-4-5-7-12(10)17-3/h4-7,9,11,15H,8H2,1-3H3,(H,14,16)/t11-/m1/s1. The molecule has 0 bridgehead atoms. The van der Waals surface area contributed by atoms with Crippen LogP contribution in [0.15, 0.2) is 24.3 Å². The molecule has 0 unspecified atom stereocenters. The molecule has 0 aromatic heterocycles. The Morgan fingerprint density at radius 2 is 2.06 bits per heavy atom. The van der Waals surface area contributed by atoms with Crippen LogP contribution in [0.2, 0.25) is 0 Å². The summed E-state index contributed by atoms with van der Waals surface area (Å²) in [6, 6.07) is 6.91. The van der Waals surface area contributed by atoms with Gasteiger partial charge in [0.25, 0.3) is 0 Å². The largest absolute Gasteiger partial charge is 0.496 e. The van der Waals surface area contributed by atoms with E-state index in [0.29, 0.717) is 5.75 Å². The van der Waals surface area contributed by atoms with Crippen LogP contribution in [0.4, 0.5) is 0 Å². The number of methoxy groups -OCH3 is 1. The average Bonchev–Trinajstić information content (AvgIpc) is 2.35. The number of rotatable bonds is 5. The van der Waals surface area contributed by atoms with Crippen molar-refractivity contribution in [3.8, 4) is 5.75 Å². The van der Waals surface area contributed by atoms with E-state index in [1.54, 1.807) is 13.2 Å². The van der Waals surface area contributed by atoms with Gasteiger partial charge in [-0.2, -0.15) is 0 Å². The zero-order valence-electron chi connectivity index (χ0n) is 10.4. The van der Waals surface area contributed by atoms with Gasteiger partial charge >= 0.3 is 0 Å². The number of hydrogen-bond donors (Lipinski definition) is 2. The Hall–Kier alpha value is -1.55. The summed E-state index contributed by atoms with van der Waals surface area (Å²) in [5.41, 5.74) is 0.784. The van der Waals surface area contributed by atoms with E-state index < -0.39 is 6.04 Å². The van der Waals surface area contributed by atoms with E-state index >= 15 is 0 Å². The predicted molar refractivity (Wildman–Crippen MR) is 65.8 cm³/mol. The number of benzene rings is 1. The van der Waals surface area contributed by atoms with Crippen LogP contribution in [0.1, 0.15) is 25.5 Å². The van der Waals surface area contributed by atoms with Gasteiger partial charge in [0.05, 0.1) is 19.8 Å². The molecular formula is C13H19NO3. The van der Waals surface area contributed by atoms with Gasteiger partial charge in [-0.3, -0.25) is 4.79 Å². The van der Waals surface area contributed by atoms with Crippen LogP contribution in [0.3, 0.4) is 0 Å². The Morgan fingerprint density at radius 1 is 1.41 bits per heavy atom. The number of para-hydroxylation sites is 1. The summed E-state index contributed by atoms with van der Waals surface area (Å²) in [7, 11) is 1.57. The number of amides is 1. The van der Waals surface area contributed by atoms with E-state index in [1.165, 1.54) is 0 Å². The molecule has 0 aliphatic heterocycles. The Kier molecular flexibility index (Phi) is 4.97. The number of carbonyl (C=O) groups is 1. The first-order valence-electron chi connectivity index (χ1n) is 5.64. The normalized spacial score (nSPS) is 12.3. The van der Waals surface area contributed by atoms with Crippen LogP contribution in [-0.4, -0.2) is 24.7 Å². The Labute approximate surface area is 102 Å². The fourth-order valence-corrected chi connectivity index (χ4v) is 1.51. The molecule has 1 amide bonds. The minimum Gasteiger partial charge on any atom is -0.496 e. The minimum absolute atomic E-state index is 0.0880. The summed E-state index contributed by atoms with van der Waals surface area (Å²) >= 11 is 0. The summed E-state index contributed by atoms with van der Waals surface area (Å²) in [6.45, 7) is 3.47. The molecule has 1 atom stereocenters. The van der Waals surface area contributed by atoms with E-state index in [1.807, 2.05) is 32.0 Å². The van der Waals surface area contributed by atoms with Crippen LogP contribution in [0.5, 0.6) is 5.75 Å². The van der Waals surface area contributed by atoms with Crippen LogP contribution < -0.4 is 10.1 Å². The van der Waals surface area contributed by atoms with Crippen molar-refractivity contribution < 1.29 is 14.6 Å². The van der Waals surface area contributed by atoms with Gasteiger partial charge in [-0.15, -0.1) is 0 Å². The van der Waals surface area contributed by atoms with Crippen molar-refractivity contribution in [1.29, 1.82) is 0 Å². The second-order valence-corrected chi connectivity index (χ2v) is 4.14. The first kappa shape index (κ1) is 13.5. The highest BCUT2D eigenvalue weighted by Crippen LogP contribution is 2.24. The number of nitrogens with one attached hydrogen (secondary N) is 1. The minimum atomic E-state index is -0.430. The molecule has 1 aromatic rings. The lowest BCUT2D eigenvalue weighted by atomic mass is 10.1. The monoisotopic (exact) mass is 237 g/mol. The van der Waals surface area contributed by atoms with Crippen molar-refractivity contribution in [3.63, 3.8) is 0 Å². The molecule has 1 aromatic carbocycles. The predicted octanol–water partition coefficient (Wildman–Crippen LogP) is 1.50. The molecular weight excluding hydrogens is 218 g/mol. The summed E-state index contributed by atoms with van der Waals surface area (Å²) in [4.78, 5) is 11.6. The third-order valence-corrected chi connectivity index (χ3v) is 2.54. The molecule has 0 spiro atoms. The molecule has 4 heteroatoms. The molecule has 0 aliphatic carbocycles. The molecule has 0 saturated heterocycles. The Balaban J connectivity index is 2.89. The van der Waals surface area contributed by atoms with Gasteiger partial charge in [0.15, 0.2) is 0 Å². The molecule has 17 heavy (non-hydrogen) atoms. The Morgan fingerprint density at radius 3 is 2.59 bits per heavy atom. The van der Waals surface area contributed by atoms with Gasteiger partial charge < -0.3 is 15.2 Å². The van der Waals surface area contributed by atoms with Crippen molar-refractivity contribution in [2.24, 2.45) is 5.92 Å². The van der Waals surface area contributed by atoms with Crippen molar-refractivity contribution in [2.75, 3.05) is 13.7 Å². The third-order valence-electron chi connectivity index (χ3n) is 2.54. The summed E-state index contributed by atoms with van der Waals surface area (Å²) < 4.78 is 5.21. The fourth-order valence-electron chi connectivity index (χ4n) is 1.51. The summed E-state index contributed by atoms with van der Waals surface area (Å²) in [5, 5.41) is 12.1. The summed E-state index contributed by atoms with van der Waals surface area (Å²) in [6.07, 6.45) is 0. The van der Waals surface area contributed by atoms with Crippen molar-refractivity contribution >= 4 is 5.91 Å². The maximum absolute atomic E-state index is 11.6. The first-order chi connectivity index (χ1) is 8.10. The summed E-state index contributed by atoms with van der Waals surface area (Å²) in [5.74, 6) is 0.462. The molecule has 4 nitrogen and oxygen atoms in total. The molecule has 1 rings (SSSR count). The van der Waals surface area contributed by atoms with Crippen molar-refractivity contribution in [2.45, 2.75) is 19.9 Å². The highest BCUT2D eigenvalue weighted by Gasteiger charge is 2.18. The van der Waals surface area contributed by atoms with Crippen LogP contribution in [0.25, 0.3) is 0 Å². The lowest BCUT2D eigenvalue weighted by Crippen LogP contribution is -2.33. The van der Waals surface area contributed by atoms with Crippen molar-refractivity contribution in [3.05, 3.63) is 29.8 Å². The van der Waals surface area contributed by atoms with Crippen molar-refractivity contribution in [1.82, 2.24) is 5.32 Å². The highest BCUT2D eigenvalue weighted by atomic mass is 16.5. The van der Waals surface area contributed by atoms with Crippen LogP contribution in [-0.2, 0) is 4.79 Å². The lowest BCUT2D eigenvalue weighted by molar-refractivity contribution is -0.125. The quantitative estimate of drug-likeness (QED) is 0.816. The zero-order valence-corrected chi connectivity index (χ0v) is 10.4. The van der Waals surface area contributed by atoms with E-state index in [9.17, 15) is 9.90 Å². The maximum Gasteiger partial charge on any atom is 0.223 e. The van der Waals surface area contributed by atoms with Gasteiger partial charge in [-0.1, -0.05) is 32.0 Å². The van der Waals surface area contributed by atoms with Gasteiger partial charge in [0.2, 0.25) is 5.91 Å². The fraction of sp³-hybridized carbons (Fsp3) is 0.462. The first-order valence-corrected chi connectivity index (χ1v) is 5.64. The van der Waals surface area contributed by atoms with E-state index in [-0.39, 0.29) is 18.4 Å². The van der Waals surface area contributed by atoms with Gasteiger partial charge in [0, 0.05) is 11.5 Å². The van der Waals surface area contributed by atoms with E-state index in [0.717, 1.165) is 5.56 Å². The van der Waals surface area contributed by atoms with Gasteiger partial charge in [-0.25, -0.2) is 0 Å². The SMILES string of the molecule is COc1ccccc1[C@@H](CO)NC(=O)C(C)C. The molecule has 0 heterocycles. The average molecular weight is 237 g/mol. The number of aliphatic hydroxyl groups is 1. The van der Waals surface area contributed by atoms with Crippen LogP contribution >= 0.6 is 0 Å². The molecule has 0 aliphatic rings. The number of hydrogen-bond acceptors (Lipinski definition) is 3. The molecule has 2 N–H and O–H groups in total. The molecule has 94 valence electrons.